The minimum Gasteiger partial charge on any atom is -0.356 e. The first-order valence-corrected chi connectivity index (χ1v) is 10.2. The van der Waals surface area contributed by atoms with Gasteiger partial charge in [0.15, 0.2) is 5.96 Å². The lowest BCUT2D eigenvalue weighted by Gasteiger charge is -2.36. The number of benzene rings is 2. The topological polar surface area (TPSA) is 60.0 Å². The van der Waals surface area contributed by atoms with Crippen LogP contribution in [0.15, 0.2) is 59.6 Å². The molecule has 6 nitrogen and oxygen atoms in total. The lowest BCUT2D eigenvalue weighted by molar-refractivity contribution is -0.114. The molecule has 29 heavy (non-hydrogen) atoms. The van der Waals surface area contributed by atoms with Gasteiger partial charge < -0.3 is 15.5 Å². The molecule has 0 radical (unpaired) electrons. The van der Waals surface area contributed by atoms with Crippen molar-refractivity contribution in [1.29, 1.82) is 0 Å². The molecule has 0 aromatic heterocycles. The van der Waals surface area contributed by atoms with Crippen molar-refractivity contribution in [3.63, 3.8) is 0 Å². The van der Waals surface area contributed by atoms with Crippen LogP contribution in [0.1, 0.15) is 18.1 Å². The molecule has 0 aliphatic carbocycles. The number of carbonyl (C=O) groups excluding carboxylic acids is 1. The first kappa shape index (κ1) is 20.9. The lowest BCUT2D eigenvalue weighted by atomic mass is 10.1. The number of aliphatic imine (C=N–C) groups is 1. The van der Waals surface area contributed by atoms with Crippen LogP contribution >= 0.6 is 0 Å². The predicted octanol–water partition coefficient (Wildman–Crippen LogP) is 2.58. The van der Waals surface area contributed by atoms with E-state index in [2.05, 4.69) is 67.9 Å². The summed E-state index contributed by atoms with van der Waals surface area (Å²) in [5.74, 6) is 0.923. The standard InChI is InChI=1S/C23H31N5O/c1-19(29)26-22-10-8-20(9-11-22)12-13-25-23(24-2)28-16-14-27(15-17-28)18-21-6-4-3-5-7-21/h3-11H,12-18H2,1-2H3,(H,24,25)(H,26,29). The van der Waals surface area contributed by atoms with Crippen LogP contribution in [0.2, 0.25) is 0 Å². The Kier molecular flexibility index (Phi) is 7.64. The fraction of sp³-hybridized carbons (Fsp3) is 0.391. The Morgan fingerprint density at radius 3 is 2.28 bits per heavy atom. The third-order valence-corrected chi connectivity index (χ3v) is 5.10. The monoisotopic (exact) mass is 393 g/mol. The maximum atomic E-state index is 11.1. The van der Waals surface area contributed by atoms with Gasteiger partial charge >= 0.3 is 0 Å². The van der Waals surface area contributed by atoms with Crippen LogP contribution < -0.4 is 10.6 Å². The van der Waals surface area contributed by atoms with E-state index < -0.39 is 0 Å². The summed E-state index contributed by atoms with van der Waals surface area (Å²) >= 11 is 0. The Bertz CT molecular complexity index is 796. The number of nitrogens with zero attached hydrogens (tertiary/aromatic N) is 3. The van der Waals surface area contributed by atoms with Crippen LogP contribution in [0.25, 0.3) is 0 Å². The maximum Gasteiger partial charge on any atom is 0.221 e. The molecule has 0 bridgehead atoms. The Morgan fingerprint density at radius 1 is 0.966 bits per heavy atom. The average molecular weight is 394 g/mol. The number of nitrogens with one attached hydrogen (secondary N) is 2. The zero-order chi connectivity index (χ0) is 20.5. The molecule has 2 aromatic carbocycles. The van der Waals surface area contributed by atoms with E-state index in [1.165, 1.54) is 18.1 Å². The van der Waals surface area contributed by atoms with Crippen molar-refractivity contribution < 1.29 is 4.79 Å². The third kappa shape index (κ3) is 6.61. The fourth-order valence-electron chi connectivity index (χ4n) is 3.57. The molecule has 0 atom stereocenters. The number of rotatable bonds is 6. The molecular weight excluding hydrogens is 362 g/mol. The van der Waals surface area contributed by atoms with E-state index in [-0.39, 0.29) is 5.91 Å². The fourth-order valence-corrected chi connectivity index (χ4v) is 3.57. The summed E-state index contributed by atoms with van der Waals surface area (Å²) in [7, 11) is 1.85. The molecule has 0 spiro atoms. The van der Waals surface area contributed by atoms with Crippen LogP contribution in [0.4, 0.5) is 5.69 Å². The van der Waals surface area contributed by atoms with E-state index in [1.807, 2.05) is 19.2 Å². The molecule has 154 valence electrons. The van der Waals surface area contributed by atoms with E-state index in [4.69, 9.17) is 0 Å². The third-order valence-electron chi connectivity index (χ3n) is 5.10. The molecule has 6 heteroatoms. The van der Waals surface area contributed by atoms with Crippen molar-refractivity contribution in [2.75, 3.05) is 45.1 Å². The highest BCUT2D eigenvalue weighted by molar-refractivity contribution is 5.88. The molecule has 1 saturated heterocycles. The highest BCUT2D eigenvalue weighted by atomic mass is 16.1. The van der Waals surface area contributed by atoms with Crippen molar-refractivity contribution in [3.8, 4) is 0 Å². The van der Waals surface area contributed by atoms with Crippen LogP contribution in [0.5, 0.6) is 0 Å². The highest BCUT2D eigenvalue weighted by Crippen LogP contribution is 2.11. The largest absolute Gasteiger partial charge is 0.356 e. The minimum absolute atomic E-state index is 0.0490. The Hall–Kier alpha value is -2.86. The number of guanidine groups is 1. The normalized spacial score (nSPS) is 15.2. The molecule has 2 aromatic rings. The number of piperazine rings is 1. The highest BCUT2D eigenvalue weighted by Gasteiger charge is 2.19. The second-order valence-electron chi connectivity index (χ2n) is 7.35. The van der Waals surface area contributed by atoms with Gasteiger partial charge in [0.05, 0.1) is 0 Å². The summed E-state index contributed by atoms with van der Waals surface area (Å²) in [6.45, 7) is 7.41. The summed E-state index contributed by atoms with van der Waals surface area (Å²) in [4.78, 5) is 20.4. The first-order chi connectivity index (χ1) is 14.1. The van der Waals surface area contributed by atoms with Crippen molar-refractivity contribution in [2.24, 2.45) is 4.99 Å². The van der Waals surface area contributed by atoms with E-state index >= 15 is 0 Å². The molecule has 0 unspecified atom stereocenters. The van der Waals surface area contributed by atoms with E-state index in [0.717, 1.165) is 57.3 Å². The summed E-state index contributed by atoms with van der Waals surface area (Å²) in [5, 5.41) is 6.28. The van der Waals surface area contributed by atoms with Crippen LogP contribution in [0, 0.1) is 0 Å². The van der Waals surface area contributed by atoms with Gasteiger partial charge in [-0.2, -0.15) is 0 Å². The van der Waals surface area contributed by atoms with Gasteiger partial charge in [0.25, 0.3) is 0 Å². The smallest absolute Gasteiger partial charge is 0.221 e. The lowest BCUT2D eigenvalue weighted by Crippen LogP contribution is -2.52. The number of carbonyl (C=O) groups is 1. The van der Waals surface area contributed by atoms with Gasteiger partial charge in [0, 0.05) is 58.9 Å². The zero-order valence-corrected chi connectivity index (χ0v) is 17.4. The van der Waals surface area contributed by atoms with E-state index in [1.54, 1.807) is 0 Å². The van der Waals surface area contributed by atoms with E-state index in [0.29, 0.717) is 0 Å². The van der Waals surface area contributed by atoms with Gasteiger partial charge in [-0.05, 0) is 29.7 Å². The summed E-state index contributed by atoms with van der Waals surface area (Å²) in [5.41, 5.74) is 3.43. The number of hydrogen-bond donors (Lipinski definition) is 2. The molecule has 1 aliphatic heterocycles. The van der Waals surface area contributed by atoms with Gasteiger partial charge in [0.1, 0.15) is 0 Å². The van der Waals surface area contributed by atoms with E-state index in [9.17, 15) is 4.79 Å². The van der Waals surface area contributed by atoms with Crippen molar-refractivity contribution in [2.45, 2.75) is 19.9 Å². The first-order valence-electron chi connectivity index (χ1n) is 10.2. The van der Waals surface area contributed by atoms with Crippen molar-refractivity contribution in [1.82, 2.24) is 15.1 Å². The number of hydrogen-bond acceptors (Lipinski definition) is 3. The quantitative estimate of drug-likeness (QED) is 0.585. The van der Waals surface area contributed by atoms with Crippen LogP contribution in [-0.4, -0.2) is 61.4 Å². The second-order valence-corrected chi connectivity index (χ2v) is 7.35. The SMILES string of the molecule is CN=C(NCCc1ccc(NC(C)=O)cc1)N1CCN(Cc2ccccc2)CC1. The molecule has 0 saturated carbocycles. The molecule has 1 amide bonds. The Morgan fingerprint density at radius 2 is 1.66 bits per heavy atom. The molecule has 3 rings (SSSR count). The summed E-state index contributed by atoms with van der Waals surface area (Å²) < 4.78 is 0. The Balaban J connectivity index is 1.41. The maximum absolute atomic E-state index is 11.1. The van der Waals surface area contributed by atoms with Gasteiger partial charge in [-0.1, -0.05) is 42.5 Å². The second kappa shape index (κ2) is 10.6. The minimum atomic E-state index is -0.0490. The molecule has 2 N–H and O–H groups in total. The van der Waals surface area contributed by atoms with Crippen LogP contribution in [-0.2, 0) is 17.8 Å². The van der Waals surface area contributed by atoms with Gasteiger partial charge in [-0.15, -0.1) is 0 Å². The Labute approximate surface area is 173 Å². The molecular formula is C23H31N5O. The van der Waals surface area contributed by atoms with Gasteiger partial charge in [-0.3, -0.25) is 14.7 Å². The predicted molar refractivity (Wildman–Crippen MR) is 119 cm³/mol. The summed E-state index contributed by atoms with van der Waals surface area (Å²) in [6.07, 6.45) is 0.910. The number of amides is 1. The summed E-state index contributed by atoms with van der Waals surface area (Å²) in [6, 6.07) is 18.6. The van der Waals surface area contributed by atoms with Crippen molar-refractivity contribution >= 4 is 17.6 Å². The van der Waals surface area contributed by atoms with Crippen molar-refractivity contribution in [3.05, 3.63) is 65.7 Å². The molecule has 1 fully saturated rings. The van der Waals surface area contributed by atoms with Crippen LogP contribution in [0.3, 0.4) is 0 Å². The average Bonchev–Trinajstić information content (AvgIpc) is 2.74. The van der Waals surface area contributed by atoms with Gasteiger partial charge in [0.2, 0.25) is 5.91 Å². The number of anilines is 1. The molecule has 1 aliphatic rings. The van der Waals surface area contributed by atoms with Gasteiger partial charge in [-0.25, -0.2) is 0 Å². The zero-order valence-electron chi connectivity index (χ0n) is 17.4. The molecule has 1 heterocycles.